The molecular weight excluding hydrogens is 342 g/mol. The van der Waals surface area contributed by atoms with E-state index >= 15 is 0 Å². The van der Waals surface area contributed by atoms with Gasteiger partial charge in [-0.15, -0.1) is 0 Å². The van der Waals surface area contributed by atoms with E-state index in [1.165, 1.54) is 19.1 Å². The fourth-order valence-corrected chi connectivity index (χ4v) is 3.24. The van der Waals surface area contributed by atoms with Crippen molar-refractivity contribution in [3.63, 3.8) is 0 Å². The minimum Gasteiger partial charge on any atom is -0.451 e. The van der Waals surface area contributed by atoms with Gasteiger partial charge in [0.15, 0.2) is 6.10 Å². The van der Waals surface area contributed by atoms with Gasteiger partial charge in [-0.2, -0.15) is 0 Å². The lowest BCUT2D eigenvalue weighted by atomic mass is 10.1. The monoisotopic (exact) mass is 361 g/mol. The topological polar surface area (TPSA) is 104 Å². The first-order valence-electron chi connectivity index (χ1n) is 7.55. The van der Waals surface area contributed by atoms with Crippen LogP contribution >= 0.6 is 0 Å². The first-order valence-corrected chi connectivity index (χ1v) is 9.10. The van der Waals surface area contributed by atoms with E-state index in [-0.39, 0.29) is 16.2 Å². The van der Waals surface area contributed by atoms with Crippen molar-refractivity contribution in [1.29, 1.82) is 0 Å². The Hall–Kier alpha value is -2.51. The average Bonchev–Trinajstić information content (AvgIpc) is 2.56. The van der Waals surface area contributed by atoms with Gasteiger partial charge in [-0.3, -0.25) is 4.79 Å². The number of nitrogens with two attached hydrogens (primary N) is 1. The van der Waals surface area contributed by atoms with Gasteiger partial charge in [0.2, 0.25) is 15.8 Å². The molecule has 0 aliphatic rings. The van der Waals surface area contributed by atoms with Crippen molar-refractivity contribution < 1.29 is 22.7 Å². The van der Waals surface area contributed by atoms with Crippen LogP contribution in [0.2, 0.25) is 0 Å². The third-order valence-electron chi connectivity index (χ3n) is 3.87. The maximum atomic E-state index is 12.3. The highest BCUT2D eigenvalue weighted by molar-refractivity contribution is 7.89. The molecule has 6 nitrogen and oxygen atoms in total. The molecule has 1 atom stereocenters. The largest absolute Gasteiger partial charge is 0.451 e. The number of ether oxygens (including phenoxy) is 1. The van der Waals surface area contributed by atoms with Crippen LogP contribution in [-0.4, -0.2) is 26.3 Å². The van der Waals surface area contributed by atoms with E-state index in [4.69, 9.17) is 9.88 Å². The van der Waals surface area contributed by atoms with Crippen molar-refractivity contribution in [2.45, 2.75) is 31.8 Å². The first kappa shape index (κ1) is 18.8. The maximum absolute atomic E-state index is 12.3. The second kappa shape index (κ2) is 7.16. The van der Waals surface area contributed by atoms with E-state index in [1.54, 1.807) is 44.2 Å². The molecule has 25 heavy (non-hydrogen) atoms. The van der Waals surface area contributed by atoms with Crippen LogP contribution in [0.5, 0.6) is 0 Å². The molecule has 0 amide bonds. The minimum atomic E-state index is -3.97. The summed E-state index contributed by atoms with van der Waals surface area (Å²) in [6, 6.07) is 11.1. The number of benzene rings is 2. The van der Waals surface area contributed by atoms with Crippen molar-refractivity contribution in [1.82, 2.24) is 0 Å². The smallest absolute Gasteiger partial charge is 0.338 e. The van der Waals surface area contributed by atoms with Gasteiger partial charge >= 0.3 is 5.97 Å². The molecule has 0 heterocycles. The lowest BCUT2D eigenvalue weighted by Crippen LogP contribution is -2.25. The van der Waals surface area contributed by atoms with Gasteiger partial charge in [-0.1, -0.05) is 30.3 Å². The molecule has 0 aromatic heterocycles. The van der Waals surface area contributed by atoms with Crippen LogP contribution in [0.1, 0.15) is 38.8 Å². The van der Waals surface area contributed by atoms with Gasteiger partial charge < -0.3 is 4.74 Å². The van der Waals surface area contributed by atoms with Crippen LogP contribution in [0.4, 0.5) is 0 Å². The molecule has 2 N–H and O–H groups in total. The summed E-state index contributed by atoms with van der Waals surface area (Å²) >= 11 is 0. The molecule has 2 aromatic carbocycles. The first-order chi connectivity index (χ1) is 11.6. The molecule has 0 saturated heterocycles. The van der Waals surface area contributed by atoms with Crippen molar-refractivity contribution in [3.8, 4) is 0 Å². The van der Waals surface area contributed by atoms with Crippen molar-refractivity contribution >= 4 is 21.8 Å². The van der Waals surface area contributed by atoms with Crippen LogP contribution in [0.15, 0.2) is 47.4 Å². The van der Waals surface area contributed by atoms with Gasteiger partial charge in [0, 0.05) is 5.56 Å². The number of hydrogen-bond acceptors (Lipinski definition) is 5. The van der Waals surface area contributed by atoms with E-state index in [0.29, 0.717) is 16.7 Å². The normalized spacial score (nSPS) is 12.5. The van der Waals surface area contributed by atoms with E-state index in [0.717, 1.165) is 0 Å². The molecule has 7 heteroatoms. The number of ketones is 1. The number of aryl methyl sites for hydroxylation is 1. The predicted octanol–water partition coefficient (Wildman–Crippen LogP) is 2.38. The highest BCUT2D eigenvalue weighted by Gasteiger charge is 2.23. The summed E-state index contributed by atoms with van der Waals surface area (Å²) in [7, 11) is -3.97. The molecule has 2 rings (SSSR count). The quantitative estimate of drug-likeness (QED) is 0.650. The Balaban J connectivity index is 2.27. The van der Waals surface area contributed by atoms with E-state index in [2.05, 4.69) is 0 Å². The van der Waals surface area contributed by atoms with Gasteiger partial charge in [0.1, 0.15) is 0 Å². The number of carbonyl (C=O) groups excluding carboxylic acids is 2. The van der Waals surface area contributed by atoms with Crippen LogP contribution in [-0.2, 0) is 14.8 Å². The molecule has 0 saturated carbocycles. The third-order valence-corrected chi connectivity index (χ3v) is 4.91. The molecule has 0 radical (unpaired) electrons. The molecule has 0 bridgehead atoms. The van der Waals surface area contributed by atoms with Gasteiger partial charge in [-0.25, -0.2) is 18.4 Å². The Bertz CT molecular complexity index is 920. The number of primary sulfonamides is 1. The zero-order valence-corrected chi connectivity index (χ0v) is 15.0. The standard InChI is InChI=1S/C18H19NO5S/c1-11-9-15(10-16(12(11)2)25(19,22)23)18(21)24-13(3)17(20)14-7-5-4-6-8-14/h4-10,13H,1-3H3,(H2,19,22,23). The molecule has 0 aliphatic carbocycles. The highest BCUT2D eigenvalue weighted by atomic mass is 32.2. The van der Waals surface area contributed by atoms with Crippen LogP contribution in [0, 0.1) is 13.8 Å². The third kappa shape index (κ3) is 4.32. The lowest BCUT2D eigenvalue weighted by Gasteiger charge is -2.14. The maximum Gasteiger partial charge on any atom is 0.338 e. The van der Waals surface area contributed by atoms with Crippen molar-refractivity contribution in [2.75, 3.05) is 0 Å². The highest BCUT2D eigenvalue weighted by Crippen LogP contribution is 2.21. The van der Waals surface area contributed by atoms with E-state index in [1.807, 2.05) is 0 Å². The van der Waals surface area contributed by atoms with E-state index in [9.17, 15) is 18.0 Å². The molecule has 132 valence electrons. The second-order valence-electron chi connectivity index (χ2n) is 5.74. The second-order valence-corrected chi connectivity index (χ2v) is 7.27. The molecule has 2 aromatic rings. The van der Waals surface area contributed by atoms with Crippen molar-refractivity contribution in [2.24, 2.45) is 5.14 Å². The fraction of sp³-hybridized carbons (Fsp3) is 0.222. The molecule has 0 fully saturated rings. The van der Waals surface area contributed by atoms with Gasteiger partial charge in [0.05, 0.1) is 10.5 Å². The molecule has 1 unspecified atom stereocenters. The Labute approximate surface area is 146 Å². The van der Waals surface area contributed by atoms with Crippen LogP contribution < -0.4 is 5.14 Å². The molecule has 0 spiro atoms. The summed E-state index contributed by atoms with van der Waals surface area (Å²) in [5, 5.41) is 5.19. The Morgan fingerprint density at radius 3 is 2.20 bits per heavy atom. The summed E-state index contributed by atoms with van der Waals surface area (Å²) in [5.41, 5.74) is 1.50. The summed E-state index contributed by atoms with van der Waals surface area (Å²) in [6.07, 6.45) is -1.01. The Kier molecular flexibility index (Phi) is 5.39. The van der Waals surface area contributed by atoms with Crippen molar-refractivity contribution in [3.05, 3.63) is 64.7 Å². The van der Waals surface area contributed by atoms with Gasteiger partial charge in [-0.05, 0) is 44.0 Å². The number of Topliss-reactive ketones (excluding diaryl/α,β-unsaturated/α-hetero) is 1. The number of rotatable bonds is 5. The van der Waals surface area contributed by atoms with Gasteiger partial charge in [0.25, 0.3) is 0 Å². The summed E-state index contributed by atoms with van der Waals surface area (Å²) in [4.78, 5) is 24.5. The predicted molar refractivity (Wildman–Crippen MR) is 92.9 cm³/mol. The number of sulfonamides is 1. The zero-order valence-electron chi connectivity index (χ0n) is 14.1. The molecular formula is C18H19NO5S. The van der Waals surface area contributed by atoms with Crippen LogP contribution in [0.25, 0.3) is 0 Å². The lowest BCUT2D eigenvalue weighted by molar-refractivity contribution is 0.0318. The Morgan fingerprint density at radius 1 is 1.04 bits per heavy atom. The zero-order chi connectivity index (χ0) is 18.8. The number of esters is 1. The molecule has 0 aliphatic heterocycles. The summed E-state index contributed by atoms with van der Waals surface area (Å²) in [6.45, 7) is 4.74. The SMILES string of the molecule is Cc1cc(C(=O)OC(C)C(=O)c2ccccc2)cc(S(N)(=O)=O)c1C. The number of carbonyl (C=O) groups is 2. The summed E-state index contributed by atoms with van der Waals surface area (Å²) < 4.78 is 28.5. The average molecular weight is 361 g/mol. The summed E-state index contributed by atoms with van der Waals surface area (Å²) in [5.74, 6) is -1.13. The Morgan fingerprint density at radius 2 is 1.64 bits per heavy atom. The minimum absolute atomic E-state index is 0.0276. The van der Waals surface area contributed by atoms with E-state index < -0.39 is 22.1 Å². The fourth-order valence-electron chi connectivity index (χ4n) is 2.36. The van der Waals surface area contributed by atoms with Crippen LogP contribution in [0.3, 0.4) is 0 Å². The number of hydrogen-bond donors (Lipinski definition) is 1.